The molecule has 4 rings (SSSR count). The number of ether oxygens (including phenoxy) is 1. The minimum Gasteiger partial charge on any atom is -0.436 e. The first-order valence-corrected chi connectivity index (χ1v) is 13.8. The summed E-state index contributed by atoms with van der Waals surface area (Å²) in [5.74, 6) is 0.802. The van der Waals surface area contributed by atoms with Crippen LogP contribution in [0, 0.1) is 5.92 Å². The van der Waals surface area contributed by atoms with E-state index in [0.717, 1.165) is 49.1 Å². The number of primary amides is 1. The summed E-state index contributed by atoms with van der Waals surface area (Å²) in [6, 6.07) is 17.0. The van der Waals surface area contributed by atoms with Crippen molar-refractivity contribution in [1.29, 1.82) is 0 Å². The Balaban J connectivity index is 1.40. The molecule has 1 heterocycles. The van der Waals surface area contributed by atoms with Crippen LogP contribution in [0.25, 0.3) is 0 Å². The van der Waals surface area contributed by atoms with Gasteiger partial charge in [0.1, 0.15) is 13.1 Å². The molecule has 1 aromatic heterocycles. The van der Waals surface area contributed by atoms with Crippen LogP contribution in [0.5, 0.6) is 0 Å². The molecule has 1 atom stereocenters. The lowest BCUT2D eigenvalue weighted by molar-refractivity contribution is -0.905. The number of hydrogen-bond acceptors (Lipinski definition) is 5. The van der Waals surface area contributed by atoms with Crippen molar-refractivity contribution in [3.63, 3.8) is 0 Å². The second-order valence-electron chi connectivity index (χ2n) is 11.2. The predicted octanol–water partition coefficient (Wildman–Crippen LogP) is 5.16. The smallest absolute Gasteiger partial charge is 0.248 e. The quantitative estimate of drug-likeness (QED) is 0.269. The molecule has 3 N–H and O–H groups in total. The second kappa shape index (κ2) is 12.7. The number of aromatic nitrogens is 1. The lowest BCUT2D eigenvalue weighted by atomic mass is 9.74. The molecule has 1 saturated carbocycles. The number of nitrogens with zero attached hydrogens (tertiary/aromatic N) is 2. The zero-order valence-corrected chi connectivity index (χ0v) is 22.8. The topological polar surface area (TPSA) is 98.6 Å². The third-order valence-electron chi connectivity index (χ3n) is 7.72. The van der Waals surface area contributed by atoms with Gasteiger partial charge in [-0.1, -0.05) is 74.6 Å². The molecule has 2 aromatic carbocycles. The Hall–Kier alpha value is -3.00. The number of carbonyl (C=O) groups excluding carboxylic acids is 1. The number of hydrogen-bond donors (Lipinski definition) is 2. The fraction of sp³-hybridized carbons (Fsp3) is 0.484. The predicted molar refractivity (Wildman–Crippen MR) is 147 cm³/mol. The van der Waals surface area contributed by atoms with Gasteiger partial charge >= 0.3 is 0 Å². The van der Waals surface area contributed by atoms with Gasteiger partial charge in [-0.05, 0) is 36.1 Å². The van der Waals surface area contributed by atoms with E-state index in [9.17, 15) is 9.90 Å². The standard InChI is InChI=1S/C31H41N3O4/c1-34(2,19-20-37-23-24-15-17-25(18-16-24)29(32)35)22-28-21-33-30(38-28)31(36,27-13-9-6-10-14-27)26-11-7-4-3-5-8-12-26/h6,9-10,13-18,21,26,36H,3-5,7-8,11-12,19-20,22-23H2,1-2H3,(H-,32,35)/p+1. The molecule has 38 heavy (non-hydrogen) atoms. The van der Waals surface area contributed by atoms with Gasteiger partial charge in [0, 0.05) is 11.5 Å². The normalized spacial score (nSPS) is 16.9. The molecule has 1 fully saturated rings. The van der Waals surface area contributed by atoms with E-state index in [2.05, 4.69) is 19.1 Å². The molecule has 0 bridgehead atoms. The highest BCUT2D eigenvalue weighted by molar-refractivity contribution is 5.92. The van der Waals surface area contributed by atoms with Crippen LogP contribution in [0.3, 0.4) is 0 Å². The van der Waals surface area contributed by atoms with Crippen LogP contribution < -0.4 is 5.73 Å². The zero-order chi connectivity index (χ0) is 27.0. The molecule has 1 unspecified atom stereocenters. The zero-order valence-electron chi connectivity index (χ0n) is 22.8. The Labute approximate surface area is 226 Å². The number of likely N-dealkylation sites (N-methyl/N-ethyl adjacent to an activating group) is 1. The van der Waals surface area contributed by atoms with Gasteiger partial charge in [-0.3, -0.25) is 4.79 Å². The van der Waals surface area contributed by atoms with Gasteiger partial charge in [-0.2, -0.15) is 0 Å². The minimum atomic E-state index is -1.23. The molecule has 1 aliphatic rings. The minimum absolute atomic E-state index is 0.0737. The average Bonchev–Trinajstić information content (AvgIpc) is 3.35. The van der Waals surface area contributed by atoms with Gasteiger partial charge in [0.05, 0.1) is 33.5 Å². The molecular weight excluding hydrogens is 478 g/mol. The molecule has 7 heteroatoms. The van der Waals surface area contributed by atoms with Crippen molar-refractivity contribution in [2.75, 3.05) is 27.2 Å². The first kappa shape index (κ1) is 28.0. The molecule has 7 nitrogen and oxygen atoms in total. The molecule has 1 amide bonds. The Morgan fingerprint density at radius 2 is 1.71 bits per heavy atom. The maximum absolute atomic E-state index is 12.2. The number of amides is 1. The largest absolute Gasteiger partial charge is 0.436 e. The summed E-state index contributed by atoms with van der Waals surface area (Å²) < 4.78 is 12.9. The van der Waals surface area contributed by atoms with Crippen molar-refractivity contribution in [2.24, 2.45) is 11.7 Å². The van der Waals surface area contributed by atoms with E-state index in [0.29, 0.717) is 35.7 Å². The third-order valence-corrected chi connectivity index (χ3v) is 7.72. The number of benzene rings is 2. The van der Waals surface area contributed by atoms with Crippen LogP contribution in [0.15, 0.2) is 65.2 Å². The molecule has 0 saturated heterocycles. The van der Waals surface area contributed by atoms with Gasteiger partial charge in [0.15, 0.2) is 11.4 Å². The van der Waals surface area contributed by atoms with Crippen molar-refractivity contribution in [2.45, 2.75) is 63.7 Å². The number of carbonyl (C=O) groups is 1. The SMILES string of the molecule is C[N+](C)(CCOCc1ccc(C(N)=O)cc1)Cc1cnc(C(O)(c2ccccc2)C2CCCCCCC2)o1. The van der Waals surface area contributed by atoms with Gasteiger partial charge in [0.25, 0.3) is 0 Å². The Kier molecular flexibility index (Phi) is 9.36. The van der Waals surface area contributed by atoms with Crippen molar-refractivity contribution >= 4 is 5.91 Å². The van der Waals surface area contributed by atoms with E-state index in [4.69, 9.17) is 14.9 Å². The van der Waals surface area contributed by atoms with Crippen LogP contribution in [0.1, 0.15) is 78.1 Å². The lowest BCUT2D eigenvalue weighted by Crippen LogP contribution is -2.41. The van der Waals surface area contributed by atoms with E-state index < -0.39 is 11.5 Å². The summed E-state index contributed by atoms with van der Waals surface area (Å²) in [7, 11) is 4.26. The van der Waals surface area contributed by atoms with E-state index in [-0.39, 0.29) is 5.92 Å². The second-order valence-corrected chi connectivity index (χ2v) is 11.2. The number of oxazole rings is 1. The highest BCUT2D eigenvalue weighted by atomic mass is 16.5. The maximum Gasteiger partial charge on any atom is 0.248 e. The van der Waals surface area contributed by atoms with Gasteiger partial charge in [-0.15, -0.1) is 0 Å². The van der Waals surface area contributed by atoms with E-state index in [1.165, 1.54) is 19.3 Å². The molecule has 0 radical (unpaired) electrons. The van der Waals surface area contributed by atoms with Gasteiger partial charge < -0.3 is 24.5 Å². The number of quaternary nitrogens is 1. The summed E-state index contributed by atoms with van der Waals surface area (Å²) in [6.45, 7) is 2.46. The molecule has 1 aliphatic carbocycles. The highest BCUT2D eigenvalue weighted by Gasteiger charge is 2.44. The number of aliphatic hydroxyl groups is 1. The van der Waals surface area contributed by atoms with Crippen LogP contribution in [0.4, 0.5) is 0 Å². The van der Waals surface area contributed by atoms with Gasteiger partial charge in [0.2, 0.25) is 11.8 Å². The molecule has 204 valence electrons. The van der Waals surface area contributed by atoms with Crippen LogP contribution >= 0.6 is 0 Å². The maximum atomic E-state index is 12.2. The first-order chi connectivity index (χ1) is 18.3. The average molecular weight is 521 g/mol. The van der Waals surface area contributed by atoms with E-state index in [1.807, 2.05) is 42.5 Å². The first-order valence-electron chi connectivity index (χ1n) is 13.8. The summed E-state index contributed by atoms with van der Waals surface area (Å²) in [5, 5.41) is 12.2. The molecule has 0 aliphatic heterocycles. The Morgan fingerprint density at radius 3 is 2.37 bits per heavy atom. The summed E-state index contributed by atoms with van der Waals surface area (Å²) in [4.78, 5) is 15.9. The van der Waals surface area contributed by atoms with Crippen LogP contribution in [-0.4, -0.2) is 47.7 Å². The summed E-state index contributed by atoms with van der Waals surface area (Å²) >= 11 is 0. The molecule has 0 spiro atoms. The van der Waals surface area contributed by atoms with Gasteiger partial charge in [-0.25, -0.2) is 4.98 Å². The van der Waals surface area contributed by atoms with Crippen molar-refractivity contribution < 1.29 is 23.5 Å². The summed E-state index contributed by atoms with van der Waals surface area (Å²) in [6.07, 6.45) is 9.64. The van der Waals surface area contributed by atoms with E-state index >= 15 is 0 Å². The van der Waals surface area contributed by atoms with Crippen LogP contribution in [-0.2, 0) is 23.5 Å². The van der Waals surface area contributed by atoms with Crippen molar-refractivity contribution in [3.8, 4) is 0 Å². The number of nitrogens with two attached hydrogens (primary N) is 1. The van der Waals surface area contributed by atoms with Crippen LogP contribution in [0.2, 0.25) is 0 Å². The Bertz CT molecular complexity index is 1150. The number of rotatable bonds is 11. The molecular formula is C31H42N3O4+. The van der Waals surface area contributed by atoms with Crippen molar-refractivity contribution in [3.05, 3.63) is 89.1 Å². The fourth-order valence-corrected chi connectivity index (χ4v) is 5.42. The molecule has 3 aromatic rings. The van der Waals surface area contributed by atoms with E-state index in [1.54, 1.807) is 18.3 Å². The lowest BCUT2D eigenvalue weighted by Gasteiger charge is -2.35. The fourth-order valence-electron chi connectivity index (χ4n) is 5.42. The third kappa shape index (κ3) is 7.10. The van der Waals surface area contributed by atoms with Crippen molar-refractivity contribution in [1.82, 2.24) is 4.98 Å². The monoisotopic (exact) mass is 520 g/mol. The Morgan fingerprint density at radius 1 is 1.05 bits per heavy atom. The summed E-state index contributed by atoms with van der Waals surface area (Å²) in [5.41, 5.74) is 6.41. The highest BCUT2D eigenvalue weighted by Crippen LogP contribution is 2.42.